The number of aromatic amines is 1. The number of hydrogen-bond acceptors (Lipinski definition) is 4. The SMILES string of the molecule is CCOc1cc2c(cc1/C=C/C(=O)NNC(=O)c1ccc[nH]1)O[C@H](C)C2. The Morgan fingerprint density at radius 1 is 1.38 bits per heavy atom. The highest BCUT2D eigenvalue weighted by Gasteiger charge is 2.21. The standard InChI is InChI=1S/C19H21N3O4/c1-3-25-16-11-14-9-12(2)26-17(14)10-13(16)6-7-18(23)21-22-19(24)15-5-4-8-20-15/h4-8,10-12,20H,3,9H2,1-2H3,(H,21,23)(H,22,24)/b7-6+/t12-/m1/s1. The van der Waals surface area contributed by atoms with Gasteiger partial charge >= 0.3 is 0 Å². The number of rotatable bonds is 5. The van der Waals surface area contributed by atoms with Gasteiger partial charge in [0.1, 0.15) is 23.3 Å². The van der Waals surface area contributed by atoms with Gasteiger partial charge < -0.3 is 14.5 Å². The Morgan fingerprint density at radius 2 is 2.23 bits per heavy atom. The van der Waals surface area contributed by atoms with Crippen molar-refractivity contribution < 1.29 is 19.1 Å². The van der Waals surface area contributed by atoms with E-state index in [1.807, 2.05) is 26.0 Å². The van der Waals surface area contributed by atoms with E-state index in [1.54, 1.807) is 24.4 Å². The smallest absolute Gasteiger partial charge is 0.286 e. The van der Waals surface area contributed by atoms with Crippen LogP contribution in [0.4, 0.5) is 0 Å². The van der Waals surface area contributed by atoms with Gasteiger partial charge in [-0.05, 0) is 44.2 Å². The first kappa shape index (κ1) is 17.6. The molecule has 3 rings (SSSR count). The number of nitrogens with one attached hydrogen (secondary N) is 3. The van der Waals surface area contributed by atoms with Crippen LogP contribution in [0.25, 0.3) is 6.08 Å². The predicted octanol–water partition coefficient (Wildman–Crippen LogP) is 2.21. The van der Waals surface area contributed by atoms with Crippen molar-refractivity contribution in [2.24, 2.45) is 0 Å². The minimum absolute atomic E-state index is 0.130. The van der Waals surface area contributed by atoms with Crippen LogP contribution in [0.1, 0.15) is 35.5 Å². The molecule has 1 aliphatic rings. The van der Waals surface area contributed by atoms with Gasteiger partial charge in [0.2, 0.25) is 0 Å². The van der Waals surface area contributed by atoms with Gasteiger partial charge in [-0.2, -0.15) is 0 Å². The summed E-state index contributed by atoms with van der Waals surface area (Å²) in [5, 5.41) is 0. The summed E-state index contributed by atoms with van der Waals surface area (Å²) >= 11 is 0. The van der Waals surface area contributed by atoms with E-state index in [0.717, 1.165) is 23.3 Å². The van der Waals surface area contributed by atoms with Gasteiger partial charge in [0.15, 0.2) is 0 Å². The Bertz CT molecular complexity index is 828. The number of carbonyl (C=O) groups is 2. The fourth-order valence-electron chi connectivity index (χ4n) is 2.73. The first-order valence-electron chi connectivity index (χ1n) is 8.45. The number of amides is 2. The van der Waals surface area contributed by atoms with Gasteiger partial charge in [-0.15, -0.1) is 0 Å². The normalized spacial score (nSPS) is 15.4. The summed E-state index contributed by atoms with van der Waals surface area (Å²) in [6, 6.07) is 7.12. The summed E-state index contributed by atoms with van der Waals surface area (Å²) < 4.78 is 11.4. The van der Waals surface area contributed by atoms with Gasteiger partial charge in [-0.25, -0.2) is 0 Å². The van der Waals surface area contributed by atoms with Crippen molar-refractivity contribution in [2.45, 2.75) is 26.4 Å². The summed E-state index contributed by atoms with van der Waals surface area (Å²) in [6.45, 7) is 4.44. The van der Waals surface area contributed by atoms with E-state index in [2.05, 4.69) is 15.8 Å². The molecule has 3 N–H and O–H groups in total. The van der Waals surface area contributed by atoms with Crippen molar-refractivity contribution in [1.29, 1.82) is 0 Å². The Balaban J connectivity index is 1.66. The molecule has 1 atom stereocenters. The van der Waals surface area contributed by atoms with E-state index in [0.29, 0.717) is 18.1 Å². The summed E-state index contributed by atoms with van der Waals surface area (Å²) in [5.74, 6) is 0.623. The van der Waals surface area contributed by atoms with E-state index >= 15 is 0 Å². The maximum Gasteiger partial charge on any atom is 0.286 e. The van der Waals surface area contributed by atoms with E-state index < -0.39 is 11.8 Å². The molecule has 1 aromatic heterocycles. The van der Waals surface area contributed by atoms with Gasteiger partial charge in [0, 0.05) is 29.8 Å². The molecule has 7 nitrogen and oxygen atoms in total. The highest BCUT2D eigenvalue weighted by atomic mass is 16.5. The number of fused-ring (bicyclic) bond motifs is 1. The van der Waals surface area contributed by atoms with Crippen LogP contribution in [0.5, 0.6) is 11.5 Å². The quantitative estimate of drug-likeness (QED) is 0.566. The maximum atomic E-state index is 12.0. The molecular formula is C19H21N3O4. The Morgan fingerprint density at radius 3 is 2.96 bits per heavy atom. The molecule has 1 aliphatic heterocycles. The van der Waals surface area contributed by atoms with Gasteiger partial charge in [-0.3, -0.25) is 20.4 Å². The third-order valence-electron chi connectivity index (χ3n) is 3.88. The highest BCUT2D eigenvalue weighted by Crippen LogP contribution is 2.35. The Labute approximate surface area is 151 Å². The highest BCUT2D eigenvalue weighted by molar-refractivity contribution is 5.97. The Hall–Kier alpha value is -3.22. The monoisotopic (exact) mass is 355 g/mol. The van der Waals surface area contributed by atoms with E-state index in [4.69, 9.17) is 9.47 Å². The summed E-state index contributed by atoms with van der Waals surface area (Å²) in [6.07, 6.45) is 5.56. The number of ether oxygens (including phenoxy) is 2. The van der Waals surface area contributed by atoms with Crippen molar-refractivity contribution >= 4 is 17.9 Å². The number of hydrogen-bond donors (Lipinski definition) is 3. The van der Waals surface area contributed by atoms with Crippen LogP contribution in [0.15, 0.2) is 36.5 Å². The molecule has 0 spiro atoms. The molecule has 1 aromatic carbocycles. The molecule has 136 valence electrons. The van der Waals surface area contributed by atoms with E-state index in [9.17, 15) is 9.59 Å². The molecular weight excluding hydrogens is 334 g/mol. The third kappa shape index (κ3) is 4.05. The largest absolute Gasteiger partial charge is 0.493 e. The summed E-state index contributed by atoms with van der Waals surface area (Å²) in [5.41, 5.74) is 6.86. The first-order chi connectivity index (χ1) is 12.6. The third-order valence-corrected chi connectivity index (χ3v) is 3.88. The second-order valence-electron chi connectivity index (χ2n) is 5.92. The average molecular weight is 355 g/mol. The molecule has 2 heterocycles. The second kappa shape index (κ2) is 7.77. The van der Waals surface area contributed by atoms with Crippen LogP contribution in [0, 0.1) is 0 Å². The molecule has 0 saturated carbocycles. The van der Waals surface area contributed by atoms with E-state index in [1.165, 1.54) is 6.08 Å². The summed E-state index contributed by atoms with van der Waals surface area (Å²) in [7, 11) is 0. The molecule has 0 aliphatic carbocycles. The molecule has 0 saturated heterocycles. The van der Waals surface area contributed by atoms with Crippen LogP contribution in [-0.2, 0) is 11.2 Å². The lowest BCUT2D eigenvalue weighted by Gasteiger charge is -2.10. The zero-order valence-corrected chi connectivity index (χ0v) is 14.7. The molecule has 0 fully saturated rings. The number of H-pyrrole nitrogens is 1. The topological polar surface area (TPSA) is 92.5 Å². The molecule has 0 radical (unpaired) electrons. The lowest BCUT2D eigenvalue weighted by atomic mass is 10.1. The summed E-state index contributed by atoms with van der Waals surface area (Å²) in [4.78, 5) is 26.5. The fourth-order valence-corrected chi connectivity index (χ4v) is 2.73. The minimum Gasteiger partial charge on any atom is -0.493 e. The van der Waals surface area contributed by atoms with Crippen LogP contribution in [0.2, 0.25) is 0 Å². The van der Waals surface area contributed by atoms with Crippen LogP contribution in [0.3, 0.4) is 0 Å². The zero-order chi connectivity index (χ0) is 18.5. The number of hydrazine groups is 1. The number of carbonyl (C=O) groups excluding carboxylic acids is 2. The molecule has 2 aromatic rings. The average Bonchev–Trinajstić information content (AvgIpc) is 3.26. The zero-order valence-electron chi connectivity index (χ0n) is 14.7. The maximum absolute atomic E-state index is 12.0. The van der Waals surface area contributed by atoms with Crippen LogP contribution < -0.4 is 20.3 Å². The van der Waals surface area contributed by atoms with Gasteiger partial charge in [0.25, 0.3) is 11.8 Å². The molecule has 0 unspecified atom stereocenters. The lowest BCUT2D eigenvalue weighted by molar-refractivity contribution is -0.117. The second-order valence-corrected chi connectivity index (χ2v) is 5.92. The first-order valence-corrected chi connectivity index (χ1v) is 8.45. The Kier molecular flexibility index (Phi) is 5.26. The van der Waals surface area contributed by atoms with Crippen molar-refractivity contribution in [2.75, 3.05) is 6.61 Å². The van der Waals surface area contributed by atoms with Gasteiger partial charge in [0.05, 0.1) is 6.61 Å². The number of benzene rings is 1. The van der Waals surface area contributed by atoms with Crippen molar-refractivity contribution in [3.63, 3.8) is 0 Å². The van der Waals surface area contributed by atoms with Crippen molar-refractivity contribution in [3.05, 3.63) is 53.4 Å². The van der Waals surface area contributed by atoms with Crippen LogP contribution in [-0.4, -0.2) is 29.5 Å². The lowest BCUT2D eigenvalue weighted by Crippen LogP contribution is -2.40. The molecule has 2 amide bonds. The predicted molar refractivity (Wildman–Crippen MR) is 96.8 cm³/mol. The van der Waals surface area contributed by atoms with Gasteiger partial charge in [-0.1, -0.05) is 0 Å². The molecule has 26 heavy (non-hydrogen) atoms. The van der Waals surface area contributed by atoms with Crippen LogP contribution >= 0.6 is 0 Å². The number of aromatic nitrogens is 1. The van der Waals surface area contributed by atoms with Crippen molar-refractivity contribution in [3.8, 4) is 11.5 Å². The van der Waals surface area contributed by atoms with E-state index in [-0.39, 0.29) is 6.10 Å². The van der Waals surface area contributed by atoms with Crippen molar-refractivity contribution in [1.82, 2.24) is 15.8 Å². The fraction of sp³-hybridized carbons (Fsp3) is 0.263. The molecule has 7 heteroatoms. The minimum atomic E-state index is -0.456. The molecule has 0 bridgehead atoms.